The van der Waals surface area contributed by atoms with E-state index in [1.807, 2.05) is 19.1 Å². The Morgan fingerprint density at radius 1 is 1.38 bits per heavy atom. The lowest BCUT2D eigenvalue weighted by Crippen LogP contribution is -2.19. The van der Waals surface area contributed by atoms with Crippen molar-refractivity contribution in [1.82, 2.24) is 0 Å². The number of allylic oxidation sites excluding steroid dienone is 2. The summed E-state index contributed by atoms with van der Waals surface area (Å²) in [4.78, 5) is 10.6. The third-order valence-corrected chi connectivity index (χ3v) is 5.85. The van der Waals surface area contributed by atoms with Gasteiger partial charge in [0.15, 0.2) is 0 Å². The third-order valence-electron chi connectivity index (χ3n) is 5.85. The zero-order chi connectivity index (χ0) is 19.1. The summed E-state index contributed by atoms with van der Waals surface area (Å²) < 4.78 is 0. The number of hydrogen-bond acceptors (Lipinski definition) is 3. The Hall–Kier alpha value is -1.57. The molecule has 0 aromatic rings. The summed E-state index contributed by atoms with van der Waals surface area (Å²) in [5.41, 5.74) is 1.41. The first kappa shape index (κ1) is 20.7. The summed E-state index contributed by atoms with van der Waals surface area (Å²) in [5, 5.41) is 29.4. The summed E-state index contributed by atoms with van der Waals surface area (Å²) in [7, 11) is 0. The Balaban J connectivity index is 1.89. The molecule has 0 spiro atoms. The minimum atomic E-state index is -0.738. The average Bonchev–Trinajstić information content (AvgIpc) is 3.10. The van der Waals surface area contributed by atoms with Gasteiger partial charge in [-0.3, -0.25) is 4.79 Å². The van der Waals surface area contributed by atoms with Crippen LogP contribution in [0.1, 0.15) is 58.8 Å². The Bertz CT molecular complexity index is 595. The molecule has 2 aliphatic carbocycles. The highest BCUT2D eigenvalue weighted by Gasteiger charge is 2.44. The summed E-state index contributed by atoms with van der Waals surface area (Å²) >= 11 is 0. The molecule has 6 atom stereocenters. The van der Waals surface area contributed by atoms with Gasteiger partial charge < -0.3 is 15.3 Å². The number of carboxylic acid groups (broad SMARTS) is 1. The van der Waals surface area contributed by atoms with Crippen molar-refractivity contribution < 1.29 is 20.1 Å². The molecule has 0 amide bonds. The molecule has 0 aromatic heterocycles. The molecule has 3 N–H and O–H groups in total. The van der Waals surface area contributed by atoms with Gasteiger partial charge in [-0.15, -0.1) is 11.8 Å². The fourth-order valence-electron chi connectivity index (χ4n) is 4.31. The first-order chi connectivity index (χ1) is 12.4. The fourth-order valence-corrected chi connectivity index (χ4v) is 4.31. The minimum Gasteiger partial charge on any atom is -0.481 e. The molecule has 0 bridgehead atoms. The van der Waals surface area contributed by atoms with Crippen molar-refractivity contribution >= 4 is 5.97 Å². The number of rotatable bonds is 8. The van der Waals surface area contributed by atoms with Crippen LogP contribution >= 0.6 is 0 Å². The van der Waals surface area contributed by atoms with Crippen LogP contribution in [0.3, 0.4) is 0 Å². The van der Waals surface area contributed by atoms with Crippen LogP contribution in [-0.4, -0.2) is 33.5 Å². The van der Waals surface area contributed by atoms with Crippen molar-refractivity contribution in [2.45, 2.75) is 71.0 Å². The van der Waals surface area contributed by atoms with E-state index in [0.717, 1.165) is 25.7 Å². The van der Waals surface area contributed by atoms with Crippen molar-refractivity contribution in [3.63, 3.8) is 0 Å². The van der Waals surface area contributed by atoms with Gasteiger partial charge in [-0.1, -0.05) is 30.7 Å². The maximum absolute atomic E-state index is 10.6. The van der Waals surface area contributed by atoms with Crippen LogP contribution in [0, 0.1) is 35.5 Å². The number of carbonyl (C=O) groups is 1. The normalized spacial score (nSPS) is 31.6. The summed E-state index contributed by atoms with van der Waals surface area (Å²) in [6.45, 7) is 3.79. The number of unbranched alkanes of at least 4 members (excludes halogenated alkanes) is 1. The quantitative estimate of drug-likeness (QED) is 0.351. The van der Waals surface area contributed by atoms with Crippen molar-refractivity contribution in [3.8, 4) is 11.8 Å². The Kier molecular flexibility index (Phi) is 7.93. The summed E-state index contributed by atoms with van der Waals surface area (Å²) in [6, 6.07) is 0. The van der Waals surface area contributed by atoms with Crippen molar-refractivity contribution in [3.05, 3.63) is 23.8 Å². The third kappa shape index (κ3) is 5.72. The largest absolute Gasteiger partial charge is 0.481 e. The van der Waals surface area contributed by atoms with E-state index in [0.29, 0.717) is 24.7 Å². The van der Waals surface area contributed by atoms with Crippen LogP contribution in [0.25, 0.3) is 0 Å². The molecule has 144 valence electrons. The topological polar surface area (TPSA) is 77.8 Å². The maximum atomic E-state index is 10.6. The minimum absolute atomic E-state index is 0.0845. The van der Waals surface area contributed by atoms with Crippen LogP contribution in [0.5, 0.6) is 0 Å². The molecule has 0 saturated heterocycles. The monoisotopic (exact) mass is 360 g/mol. The highest BCUT2D eigenvalue weighted by atomic mass is 16.4. The molecule has 2 unspecified atom stereocenters. The van der Waals surface area contributed by atoms with Crippen LogP contribution in [0.4, 0.5) is 0 Å². The molecule has 0 aliphatic heterocycles. The number of aliphatic carboxylic acids is 1. The van der Waals surface area contributed by atoms with Crippen molar-refractivity contribution in [1.29, 1.82) is 0 Å². The lowest BCUT2D eigenvalue weighted by Gasteiger charge is -2.19. The average molecular weight is 360 g/mol. The molecule has 2 fully saturated rings. The Labute approximate surface area is 157 Å². The smallest absolute Gasteiger partial charge is 0.303 e. The SMILES string of the molecule is CC#CCC(C)C(O)/C=C/[C@@H]1[C@H]2C/C(=C/CCCC(=O)O)C[C@H]2C[C@H]1O. The molecule has 0 radical (unpaired) electrons. The number of aliphatic hydroxyl groups is 2. The predicted molar refractivity (Wildman–Crippen MR) is 102 cm³/mol. The van der Waals surface area contributed by atoms with Crippen molar-refractivity contribution in [2.24, 2.45) is 23.7 Å². The lowest BCUT2D eigenvalue weighted by molar-refractivity contribution is -0.137. The van der Waals surface area contributed by atoms with Gasteiger partial charge in [0.25, 0.3) is 0 Å². The highest BCUT2D eigenvalue weighted by molar-refractivity contribution is 5.66. The van der Waals surface area contributed by atoms with Gasteiger partial charge in [0.1, 0.15) is 0 Å². The van der Waals surface area contributed by atoms with Gasteiger partial charge in [-0.2, -0.15) is 0 Å². The van der Waals surface area contributed by atoms with Gasteiger partial charge in [0, 0.05) is 18.8 Å². The first-order valence-corrected chi connectivity index (χ1v) is 9.76. The lowest BCUT2D eigenvalue weighted by atomic mass is 9.89. The molecule has 4 heteroatoms. The van der Waals surface area contributed by atoms with Crippen LogP contribution in [0.2, 0.25) is 0 Å². The molecule has 26 heavy (non-hydrogen) atoms. The molecule has 4 nitrogen and oxygen atoms in total. The van der Waals surface area contributed by atoms with Crippen LogP contribution in [-0.2, 0) is 4.79 Å². The van der Waals surface area contributed by atoms with Gasteiger partial charge in [-0.05, 0) is 56.8 Å². The van der Waals surface area contributed by atoms with Gasteiger partial charge in [0.05, 0.1) is 12.2 Å². The fraction of sp³-hybridized carbons (Fsp3) is 0.682. The van der Waals surface area contributed by atoms with Crippen molar-refractivity contribution in [2.75, 3.05) is 0 Å². The highest BCUT2D eigenvalue weighted by Crippen LogP contribution is 2.50. The summed E-state index contributed by atoms with van der Waals surface area (Å²) in [6.07, 6.45) is 10.4. The van der Waals surface area contributed by atoms with E-state index in [2.05, 4.69) is 17.9 Å². The first-order valence-electron chi connectivity index (χ1n) is 9.76. The molecular formula is C22H32O4. The zero-order valence-electron chi connectivity index (χ0n) is 15.9. The predicted octanol–water partition coefficient (Wildman–Crippen LogP) is 3.54. The van der Waals surface area contributed by atoms with E-state index in [4.69, 9.17) is 5.11 Å². The Morgan fingerprint density at radius 2 is 2.15 bits per heavy atom. The number of aliphatic hydroxyl groups excluding tert-OH is 2. The van der Waals surface area contributed by atoms with Gasteiger partial charge in [-0.25, -0.2) is 0 Å². The standard InChI is InChI=1S/C22H32O4/c1-3-4-7-15(2)20(23)11-10-18-19-13-16(8-5-6-9-22(25)26)12-17(19)14-21(18)24/h8,10-11,15,17-21,23-24H,5-7,9,12-14H2,1-2H3,(H,25,26)/b11-10+,16-8+/t15?,17-,18+,19-,20?,21+/m0/s1. The van der Waals surface area contributed by atoms with Crippen LogP contribution in [0.15, 0.2) is 23.8 Å². The molecule has 2 saturated carbocycles. The van der Waals surface area contributed by atoms with Gasteiger partial charge >= 0.3 is 5.97 Å². The Morgan fingerprint density at radius 3 is 2.85 bits per heavy atom. The van der Waals surface area contributed by atoms with Crippen LogP contribution < -0.4 is 0 Å². The second-order valence-electron chi connectivity index (χ2n) is 7.84. The number of fused-ring (bicyclic) bond motifs is 1. The van der Waals surface area contributed by atoms with E-state index in [1.165, 1.54) is 5.57 Å². The summed E-state index contributed by atoms with van der Waals surface area (Å²) in [5.74, 6) is 6.25. The molecule has 2 aliphatic rings. The van der Waals surface area contributed by atoms with E-state index in [-0.39, 0.29) is 24.4 Å². The molecular weight excluding hydrogens is 328 g/mol. The second-order valence-corrected chi connectivity index (χ2v) is 7.84. The molecule has 0 aromatic carbocycles. The van der Waals surface area contributed by atoms with Gasteiger partial charge in [0.2, 0.25) is 0 Å². The van der Waals surface area contributed by atoms with E-state index < -0.39 is 12.1 Å². The number of hydrogen-bond donors (Lipinski definition) is 3. The second kappa shape index (κ2) is 9.94. The van der Waals surface area contributed by atoms with E-state index in [1.54, 1.807) is 6.92 Å². The molecule has 0 heterocycles. The number of carboxylic acids is 1. The zero-order valence-corrected chi connectivity index (χ0v) is 15.9. The maximum Gasteiger partial charge on any atom is 0.303 e. The van der Waals surface area contributed by atoms with E-state index in [9.17, 15) is 15.0 Å². The molecule has 2 rings (SSSR count). The van der Waals surface area contributed by atoms with E-state index >= 15 is 0 Å².